The van der Waals surface area contributed by atoms with Gasteiger partial charge in [0.1, 0.15) is 6.61 Å². The first kappa shape index (κ1) is 13.7. The molecule has 0 amide bonds. The van der Waals surface area contributed by atoms with E-state index in [1.165, 1.54) is 0 Å². The Labute approximate surface area is 102 Å². The SMILES string of the molecule is COCCOC(=O)CCC(N)c1ccccc1. The van der Waals surface area contributed by atoms with E-state index in [0.717, 1.165) is 5.56 Å². The van der Waals surface area contributed by atoms with Crippen LogP contribution in [0.25, 0.3) is 0 Å². The first-order valence-corrected chi connectivity index (χ1v) is 5.69. The molecule has 0 aromatic heterocycles. The van der Waals surface area contributed by atoms with Crippen LogP contribution in [0.15, 0.2) is 30.3 Å². The third-order valence-electron chi connectivity index (χ3n) is 2.44. The molecule has 17 heavy (non-hydrogen) atoms. The van der Waals surface area contributed by atoms with Crippen LogP contribution in [0.1, 0.15) is 24.4 Å². The molecule has 1 atom stereocenters. The van der Waals surface area contributed by atoms with Gasteiger partial charge in [-0.25, -0.2) is 0 Å². The predicted molar refractivity (Wildman–Crippen MR) is 65.4 cm³/mol. The minimum absolute atomic E-state index is 0.119. The molecule has 4 nitrogen and oxygen atoms in total. The van der Waals surface area contributed by atoms with Crippen molar-refractivity contribution in [1.82, 2.24) is 0 Å². The lowest BCUT2D eigenvalue weighted by atomic mass is 10.0. The van der Waals surface area contributed by atoms with Gasteiger partial charge in [-0.2, -0.15) is 0 Å². The highest BCUT2D eigenvalue weighted by Gasteiger charge is 2.09. The molecule has 0 heterocycles. The molecule has 0 aliphatic carbocycles. The van der Waals surface area contributed by atoms with Crippen LogP contribution in [0.2, 0.25) is 0 Å². The van der Waals surface area contributed by atoms with Crippen LogP contribution in [0.3, 0.4) is 0 Å². The molecule has 94 valence electrons. The van der Waals surface area contributed by atoms with Gasteiger partial charge >= 0.3 is 5.97 Å². The maximum atomic E-state index is 11.3. The Morgan fingerprint density at radius 1 is 1.29 bits per heavy atom. The Bertz CT molecular complexity index is 327. The third kappa shape index (κ3) is 5.47. The lowest BCUT2D eigenvalue weighted by molar-refractivity contribution is -0.145. The molecule has 0 aliphatic rings. The molecule has 0 radical (unpaired) electrons. The minimum Gasteiger partial charge on any atom is -0.463 e. The average molecular weight is 237 g/mol. The number of rotatable bonds is 7. The van der Waals surface area contributed by atoms with E-state index in [-0.39, 0.29) is 12.0 Å². The molecule has 1 aromatic rings. The molecular formula is C13H19NO3. The Hall–Kier alpha value is -1.39. The molecule has 1 unspecified atom stereocenters. The second-order valence-corrected chi connectivity index (χ2v) is 3.77. The van der Waals surface area contributed by atoms with Gasteiger partial charge in [0.25, 0.3) is 0 Å². The van der Waals surface area contributed by atoms with Gasteiger partial charge in [-0.1, -0.05) is 30.3 Å². The molecule has 0 saturated carbocycles. The first-order chi connectivity index (χ1) is 8.24. The van der Waals surface area contributed by atoms with E-state index in [0.29, 0.717) is 26.1 Å². The van der Waals surface area contributed by atoms with Crippen molar-refractivity contribution in [3.63, 3.8) is 0 Å². The Balaban J connectivity index is 2.24. The number of hydrogen-bond acceptors (Lipinski definition) is 4. The van der Waals surface area contributed by atoms with E-state index in [4.69, 9.17) is 15.2 Å². The maximum Gasteiger partial charge on any atom is 0.305 e. The lowest BCUT2D eigenvalue weighted by Crippen LogP contribution is -2.15. The van der Waals surface area contributed by atoms with Crippen molar-refractivity contribution in [1.29, 1.82) is 0 Å². The van der Waals surface area contributed by atoms with Gasteiger partial charge in [0.2, 0.25) is 0 Å². The zero-order valence-electron chi connectivity index (χ0n) is 10.1. The summed E-state index contributed by atoms with van der Waals surface area (Å²) in [5.41, 5.74) is 7.00. The zero-order valence-corrected chi connectivity index (χ0v) is 10.1. The highest BCUT2D eigenvalue weighted by molar-refractivity contribution is 5.69. The first-order valence-electron chi connectivity index (χ1n) is 5.69. The number of benzene rings is 1. The Kier molecular flexibility index (Phi) is 6.29. The van der Waals surface area contributed by atoms with Crippen LogP contribution in [0, 0.1) is 0 Å². The molecule has 0 aliphatic heterocycles. The largest absolute Gasteiger partial charge is 0.463 e. The maximum absolute atomic E-state index is 11.3. The third-order valence-corrected chi connectivity index (χ3v) is 2.44. The molecule has 0 fully saturated rings. The Morgan fingerprint density at radius 2 is 2.00 bits per heavy atom. The summed E-state index contributed by atoms with van der Waals surface area (Å²) in [5, 5.41) is 0. The number of ether oxygens (including phenoxy) is 2. The van der Waals surface area contributed by atoms with Crippen LogP contribution < -0.4 is 5.73 Å². The predicted octanol–water partition coefficient (Wildman–Crippen LogP) is 1.66. The number of carbonyl (C=O) groups is 1. The lowest BCUT2D eigenvalue weighted by Gasteiger charge is -2.11. The van der Waals surface area contributed by atoms with Gasteiger partial charge in [0.15, 0.2) is 0 Å². The van der Waals surface area contributed by atoms with E-state index >= 15 is 0 Å². The summed E-state index contributed by atoms with van der Waals surface area (Å²) < 4.78 is 9.73. The van der Waals surface area contributed by atoms with Gasteiger partial charge in [-0.05, 0) is 12.0 Å². The Morgan fingerprint density at radius 3 is 2.65 bits per heavy atom. The van der Waals surface area contributed by atoms with Crippen LogP contribution in [0.5, 0.6) is 0 Å². The smallest absolute Gasteiger partial charge is 0.305 e. The van der Waals surface area contributed by atoms with E-state index in [2.05, 4.69) is 0 Å². The molecule has 0 bridgehead atoms. The van der Waals surface area contributed by atoms with Gasteiger partial charge in [0.05, 0.1) is 6.61 Å². The van der Waals surface area contributed by atoms with E-state index in [1.54, 1.807) is 7.11 Å². The normalized spacial score (nSPS) is 12.1. The van der Waals surface area contributed by atoms with Crippen molar-refractivity contribution in [3.05, 3.63) is 35.9 Å². The molecule has 2 N–H and O–H groups in total. The number of hydrogen-bond donors (Lipinski definition) is 1. The standard InChI is InChI=1S/C13H19NO3/c1-16-9-10-17-13(15)8-7-12(14)11-5-3-2-4-6-11/h2-6,12H,7-10,14H2,1H3. The topological polar surface area (TPSA) is 61.5 Å². The second kappa shape index (κ2) is 7.81. The fourth-order valence-corrected chi connectivity index (χ4v) is 1.45. The summed E-state index contributed by atoms with van der Waals surface area (Å²) in [6.45, 7) is 0.729. The number of carbonyl (C=O) groups excluding carboxylic acids is 1. The van der Waals surface area contributed by atoms with Crippen LogP contribution in [-0.2, 0) is 14.3 Å². The molecule has 0 saturated heterocycles. The molecule has 4 heteroatoms. The van der Waals surface area contributed by atoms with Crippen molar-refractivity contribution in [2.75, 3.05) is 20.3 Å². The number of methoxy groups -OCH3 is 1. The number of esters is 1. The van der Waals surface area contributed by atoms with Crippen LogP contribution in [0.4, 0.5) is 0 Å². The summed E-state index contributed by atoms with van der Waals surface area (Å²) in [4.78, 5) is 11.3. The average Bonchev–Trinajstić information content (AvgIpc) is 2.37. The van der Waals surface area contributed by atoms with E-state index < -0.39 is 0 Å². The summed E-state index contributed by atoms with van der Waals surface area (Å²) in [5.74, 6) is -0.228. The fraction of sp³-hybridized carbons (Fsp3) is 0.462. The summed E-state index contributed by atoms with van der Waals surface area (Å²) in [7, 11) is 1.57. The monoisotopic (exact) mass is 237 g/mol. The zero-order chi connectivity index (χ0) is 12.5. The molecule has 1 rings (SSSR count). The van der Waals surface area contributed by atoms with Crippen molar-refractivity contribution < 1.29 is 14.3 Å². The molecule has 1 aromatic carbocycles. The fourth-order valence-electron chi connectivity index (χ4n) is 1.45. The van der Waals surface area contributed by atoms with Gasteiger partial charge in [0, 0.05) is 19.6 Å². The van der Waals surface area contributed by atoms with Crippen molar-refractivity contribution >= 4 is 5.97 Å². The molecular weight excluding hydrogens is 218 g/mol. The van der Waals surface area contributed by atoms with Crippen molar-refractivity contribution in [2.24, 2.45) is 5.73 Å². The van der Waals surface area contributed by atoms with Gasteiger partial charge < -0.3 is 15.2 Å². The van der Waals surface area contributed by atoms with Crippen LogP contribution in [-0.4, -0.2) is 26.3 Å². The van der Waals surface area contributed by atoms with Gasteiger partial charge in [-0.3, -0.25) is 4.79 Å². The molecule has 0 spiro atoms. The number of nitrogens with two attached hydrogens (primary N) is 1. The highest BCUT2D eigenvalue weighted by atomic mass is 16.6. The second-order valence-electron chi connectivity index (χ2n) is 3.77. The summed E-state index contributed by atoms with van der Waals surface area (Å²) in [6.07, 6.45) is 0.926. The quantitative estimate of drug-likeness (QED) is 0.578. The van der Waals surface area contributed by atoms with Crippen molar-refractivity contribution in [2.45, 2.75) is 18.9 Å². The van der Waals surface area contributed by atoms with Crippen LogP contribution >= 0.6 is 0 Å². The van der Waals surface area contributed by atoms with Gasteiger partial charge in [-0.15, -0.1) is 0 Å². The van der Waals surface area contributed by atoms with E-state index in [1.807, 2.05) is 30.3 Å². The summed E-state index contributed by atoms with van der Waals surface area (Å²) in [6, 6.07) is 9.61. The minimum atomic E-state index is -0.228. The summed E-state index contributed by atoms with van der Waals surface area (Å²) >= 11 is 0. The highest BCUT2D eigenvalue weighted by Crippen LogP contribution is 2.15. The van der Waals surface area contributed by atoms with Crippen molar-refractivity contribution in [3.8, 4) is 0 Å². The van der Waals surface area contributed by atoms with E-state index in [9.17, 15) is 4.79 Å².